The molecule has 0 saturated carbocycles. The van der Waals surface area contributed by atoms with E-state index in [2.05, 4.69) is 38.1 Å². The molecule has 6 rings (SSSR count). The van der Waals surface area contributed by atoms with Gasteiger partial charge in [-0.05, 0) is 64.6 Å². The van der Waals surface area contributed by atoms with Crippen LogP contribution in [0, 0.1) is 25.6 Å². The van der Waals surface area contributed by atoms with Crippen LogP contribution in [0.15, 0.2) is 96.6 Å². The second-order valence-corrected chi connectivity index (χ2v) is 11.1. The summed E-state index contributed by atoms with van der Waals surface area (Å²) >= 11 is 0. The van der Waals surface area contributed by atoms with E-state index in [1.54, 1.807) is 38.5 Å². The van der Waals surface area contributed by atoms with Crippen LogP contribution < -0.4 is 9.47 Å². The van der Waals surface area contributed by atoms with Crippen LogP contribution in [0.4, 0.5) is 11.4 Å². The standard InChI is InChI=1S/C34H30N2O6/c1-20-30(21-5-11-24(12-6-21)35(37)38)33-28-18-17-27(42-4)19-29(28)32(23-7-13-25(14-8-23)36(39)40)34(33,2)31(20)22-9-15-26(41-3)16-10-22/h5-19,30,32-33H,1-4H3/t30-,32+,33-,34-/m1/s1. The van der Waals surface area contributed by atoms with Gasteiger partial charge in [0.15, 0.2) is 0 Å². The molecule has 0 heterocycles. The molecule has 0 fully saturated rings. The van der Waals surface area contributed by atoms with Gasteiger partial charge in [-0.3, -0.25) is 20.2 Å². The minimum Gasteiger partial charge on any atom is -0.497 e. The minimum atomic E-state index is -0.462. The highest BCUT2D eigenvalue weighted by Gasteiger charge is 2.60. The first-order valence-electron chi connectivity index (χ1n) is 13.7. The SMILES string of the molecule is COc1ccc(C2=C(C)[C@H](c3ccc([N+](=O)[O-])cc3)[C@H]3c4ccc(OC)cc4[C@H](c4ccc([N+](=O)[O-])cc4)[C@@]23C)cc1. The lowest BCUT2D eigenvalue weighted by molar-refractivity contribution is -0.385. The molecule has 0 amide bonds. The van der Waals surface area contributed by atoms with E-state index in [9.17, 15) is 20.2 Å². The smallest absolute Gasteiger partial charge is 0.269 e. The molecule has 0 spiro atoms. The van der Waals surface area contributed by atoms with Crippen molar-refractivity contribution in [2.75, 3.05) is 14.2 Å². The summed E-state index contributed by atoms with van der Waals surface area (Å²) in [5, 5.41) is 22.9. The number of benzene rings is 4. The van der Waals surface area contributed by atoms with Gasteiger partial charge in [-0.1, -0.05) is 55.0 Å². The van der Waals surface area contributed by atoms with Gasteiger partial charge in [0.1, 0.15) is 11.5 Å². The molecule has 8 nitrogen and oxygen atoms in total. The number of nitro groups is 2. The van der Waals surface area contributed by atoms with Gasteiger partial charge < -0.3 is 9.47 Å². The summed E-state index contributed by atoms with van der Waals surface area (Å²) in [5.41, 5.74) is 7.35. The van der Waals surface area contributed by atoms with Crippen LogP contribution in [-0.4, -0.2) is 24.1 Å². The number of hydrogen-bond donors (Lipinski definition) is 0. The quantitative estimate of drug-likeness (QED) is 0.167. The van der Waals surface area contributed by atoms with Gasteiger partial charge in [-0.25, -0.2) is 0 Å². The van der Waals surface area contributed by atoms with Gasteiger partial charge in [0.05, 0.1) is 24.1 Å². The maximum absolute atomic E-state index is 11.5. The third-order valence-corrected chi connectivity index (χ3v) is 9.20. The molecule has 212 valence electrons. The average Bonchev–Trinajstić information content (AvgIpc) is 3.39. The molecular weight excluding hydrogens is 532 g/mol. The van der Waals surface area contributed by atoms with Gasteiger partial charge >= 0.3 is 0 Å². The van der Waals surface area contributed by atoms with Crippen molar-refractivity contribution < 1.29 is 19.3 Å². The predicted octanol–water partition coefficient (Wildman–Crippen LogP) is 8.03. The number of methoxy groups -OCH3 is 2. The lowest BCUT2D eigenvalue weighted by Gasteiger charge is -2.37. The van der Waals surface area contributed by atoms with Crippen LogP contribution in [-0.2, 0) is 0 Å². The van der Waals surface area contributed by atoms with E-state index < -0.39 is 5.41 Å². The molecule has 2 aliphatic rings. The number of allylic oxidation sites excluding steroid dienone is 2. The monoisotopic (exact) mass is 562 g/mol. The Morgan fingerprint density at radius 1 is 0.690 bits per heavy atom. The molecule has 4 atom stereocenters. The molecule has 4 aromatic rings. The molecule has 8 heteroatoms. The fourth-order valence-corrected chi connectivity index (χ4v) is 7.55. The number of hydrogen-bond acceptors (Lipinski definition) is 6. The van der Waals surface area contributed by atoms with Gasteiger partial charge in [-0.15, -0.1) is 0 Å². The second kappa shape index (κ2) is 10.1. The molecule has 0 saturated heterocycles. The summed E-state index contributed by atoms with van der Waals surface area (Å²) in [4.78, 5) is 22.2. The number of rotatable bonds is 7. The van der Waals surface area contributed by atoms with Crippen LogP contribution in [0.1, 0.15) is 59.4 Å². The first kappa shape index (κ1) is 27.2. The molecule has 4 aromatic carbocycles. The van der Waals surface area contributed by atoms with Crippen molar-refractivity contribution in [3.8, 4) is 11.5 Å². The maximum Gasteiger partial charge on any atom is 0.269 e. The van der Waals surface area contributed by atoms with Crippen LogP contribution >= 0.6 is 0 Å². The molecular formula is C34H30N2O6. The Labute approximate surface area is 243 Å². The lowest BCUT2D eigenvalue weighted by Crippen LogP contribution is -2.27. The third-order valence-electron chi connectivity index (χ3n) is 9.20. The molecule has 0 aromatic heterocycles. The average molecular weight is 563 g/mol. The van der Waals surface area contributed by atoms with Crippen molar-refractivity contribution in [3.05, 3.63) is 145 Å². The van der Waals surface area contributed by atoms with Crippen LogP contribution in [0.3, 0.4) is 0 Å². The van der Waals surface area contributed by atoms with Crippen molar-refractivity contribution in [3.63, 3.8) is 0 Å². The zero-order valence-corrected chi connectivity index (χ0v) is 23.7. The lowest BCUT2D eigenvalue weighted by atomic mass is 9.64. The van der Waals surface area contributed by atoms with Gasteiger partial charge in [0.2, 0.25) is 0 Å². The number of fused-ring (bicyclic) bond motifs is 3. The first-order chi connectivity index (χ1) is 20.2. The number of nitrogens with zero attached hydrogens (tertiary/aromatic N) is 2. The summed E-state index contributed by atoms with van der Waals surface area (Å²) in [6.45, 7) is 4.44. The maximum atomic E-state index is 11.5. The van der Waals surface area contributed by atoms with Crippen molar-refractivity contribution in [1.29, 1.82) is 0 Å². The zero-order valence-electron chi connectivity index (χ0n) is 23.7. The molecule has 0 radical (unpaired) electrons. The van der Waals surface area contributed by atoms with Crippen molar-refractivity contribution in [2.24, 2.45) is 5.41 Å². The van der Waals surface area contributed by atoms with Crippen molar-refractivity contribution in [1.82, 2.24) is 0 Å². The van der Waals surface area contributed by atoms with Gasteiger partial charge in [0, 0.05) is 47.4 Å². The Bertz CT molecular complexity index is 1730. The van der Waals surface area contributed by atoms with Crippen molar-refractivity contribution in [2.45, 2.75) is 31.6 Å². The van der Waals surface area contributed by atoms with Crippen molar-refractivity contribution >= 4 is 16.9 Å². The van der Waals surface area contributed by atoms with E-state index >= 15 is 0 Å². The number of non-ortho nitro benzene ring substituents is 2. The molecule has 0 N–H and O–H groups in total. The van der Waals surface area contributed by atoms with E-state index in [0.717, 1.165) is 33.8 Å². The van der Waals surface area contributed by atoms with Crippen LogP contribution in [0.5, 0.6) is 11.5 Å². The summed E-state index contributed by atoms with van der Waals surface area (Å²) in [6.07, 6.45) is 0. The Hall–Kier alpha value is -4.98. The van der Waals surface area contributed by atoms with Gasteiger partial charge in [0.25, 0.3) is 11.4 Å². The molecule has 0 unspecified atom stereocenters. The van der Waals surface area contributed by atoms with E-state index in [0.29, 0.717) is 0 Å². The Kier molecular flexibility index (Phi) is 6.56. The van der Waals surface area contributed by atoms with E-state index in [1.807, 2.05) is 42.5 Å². The molecule has 0 bridgehead atoms. The number of ether oxygens (including phenoxy) is 2. The van der Waals surface area contributed by atoms with Gasteiger partial charge in [-0.2, -0.15) is 0 Å². The third kappa shape index (κ3) is 4.05. The number of nitro benzene ring substituents is 2. The fraction of sp³-hybridized carbons (Fsp3) is 0.235. The predicted molar refractivity (Wildman–Crippen MR) is 160 cm³/mol. The Morgan fingerprint density at radius 2 is 1.21 bits per heavy atom. The fourth-order valence-electron chi connectivity index (χ4n) is 7.55. The normalized spacial score (nSPS) is 22.4. The largest absolute Gasteiger partial charge is 0.497 e. The highest BCUT2D eigenvalue weighted by molar-refractivity contribution is 5.83. The van der Waals surface area contributed by atoms with E-state index in [1.165, 1.54) is 16.7 Å². The first-order valence-corrected chi connectivity index (χ1v) is 13.7. The van der Waals surface area contributed by atoms with E-state index in [4.69, 9.17) is 9.47 Å². The molecule has 0 aliphatic heterocycles. The summed E-state index contributed by atoms with van der Waals surface area (Å²) in [7, 11) is 3.29. The summed E-state index contributed by atoms with van der Waals surface area (Å²) < 4.78 is 11.1. The molecule has 42 heavy (non-hydrogen) atoms. The minimum absolute atomic E-state index is 0.00263. The molecule has 2 aliphatic carbocycles. The Balaban J connectivity index is 1.63. The summed E-state index contributed by atoms with van der Waals surface area (Å²) in [5.74, 6) is 1.31. The summed E-state index contributed by atoms with van der Waals surface area (Å²) in [6, 6.07) is 28.0. The van der Waals surface area contributed by atoms with Crippen LogP contribution in [0.25, 0.3) is 5.57 Å². The Morgan fingerprint density at radius 3 is 1.74 bits per heavy atom. The highest BCUT2D eigenvalue weighted by Crippen LogP contribution is 2.73. The van der Waals surface area contributed by atoms with E-state index in [-0.39, 0.29) is 39.0 Å². The zero-order chi connectivity index (χ0) is 29.8. The topological polar surface area (TPSA) is 105 Å². The highest BCUT2D eigenvalue weighted by atomic mass is 16.6. The second-order valence-electron chi connectivity index (χ2n) is 11.1. The van der Waals surface area contributed by atoms with Crippen LogP contribution in [0.2, 0.25) is 0 Å².